The molecular formula is C22H18N2O4. The molecule has 6 heteroatoms. The minimum absolute atomic E-state index is 0.111. The number of hydrogen-bond donors (Lipinski definition) is 1. The summed E-state index contributed by atoms with van der Waals surface area (Å²) in [6, 6.07) is 18.3. The molecule has 6 nitrogen and oxygen atoms in total. The molecule has 140 valence electrons. The first-order valence-corrected chi connectivity index (χ1v) is 8.62. The number of amides is 1. The Labute approximate surface area is 162 Å². The van der Waals surface area contributed by atoms with Crippen LogP contribution in [0.2, 0.25) is 0 Å². The lowest BCUT2D eigenvalue weighted by atomic mass is 10.1. The highest BCUT2D eigenvalue weighted by Gasteiger charge is 2.26. The van der Waals surface area contributed by atoms with Crippen molar-refractivity contribution in [2.24, 2.45) is 0 Å². The van der Waals surface area contributed by atoms with E-state index >= 15 is 0 Å². The number of Topliss-reactive ketones (excluding diaryl/α,β-unsaturated/α-hetero) is 1. The summed E-state index contributed by atoms with van der Waals surface area (Å²) in [4.78, 5) is 40.7. The summed E-state index contributed by atoms with van der Waals surface area (Å²) in [7, 11) is 0. The number of esters is 1. The van der Waals surface area contributed by atoms with E-state index in [1.54, 1.807) is 54.6 Å². The van der Waals surface area contributed by atoms with E-state index in [9.17, 15) is 14.4 Å². The van der Waals surface area contributed by atoms with Gasteiger partial charge in [-0.05, 0) is 31.2 Å². The summed E-state index contributed by atoms with van der Waals surface area (Å²) in [5, 5.41) is 2.71. The van der Waals surface area contributed by atoms with Crippen molar-refractivity contribution >= 4 is 23.3 Å². The topological polar surface area (TPSA) is 85.4 Å². The van der Waals surface area contributed by atoms with E-state index < -0.39 is 18.0 Å². The molecule has 0 saturated carbocycles. The number of ketones is 1. The van der Waals surface area contributed by atoms with Crippen molar-refractivity contribution in [2.45, 2.75) is 13.0 Å². The largest absolute Gasteiger partial charge is 0.444 e. The molecule has 0 saturated heterocycles. The number of benzene rings is 2. The Kier molecular flexibility index (Phi) is 5.91. The fourth-order valence-electron chi connectivity index (χ4n) is 2.59. The molecule has 28 heavy (non-hydrogen) atoms. The summed E-state index contributed by atoms with van der Waals surface area (Å²) < 4.78 is 5.49. The molecule has 0 spiro atoms. The van der Waals surface area contributed by atoms with Crippen LogP contribution in [0.1, 0.15) is 39.3 Å². The lowest BCUT2D eigenvalue weighted by Gasteiger charge is -2.18. The number of anilines is 1. The van der Waals surface area contributed by atoms with Gasteiger partial charge in [-0.15, -0.1) is 0 Å². The van der Waals surface area contributed by atoms with Crippen molar-refractivity contribution in [2.75, 3.05) is 5.32 Å². The van der Waals surface area contributed by atoms with Crippen LogP contribution in [0.15, 0.2) is 79.1 Å². The van der Waals surface area contributed by atoms with Crippen molar-refractivity contribution in [3.05, 3.63) is 95.8 Å². The monoisotopic (exact) mass is 374 g/mol. The quantitative estimate of drug-likeness (QED) is 0.524. The van der Waals surface area contributed by atoms with E-state index in [-0.39, 0.29) is 5.78 Å². The maximum absolute atomic E-state index is 12.9. The molecule has 0 aliphatic carbocycles. The number of pyridine rings is 1. The minimum Gasteiger partial charge on any atom is -0.444 e. The van der Waals surface area contributed by atoms with Crippen LogP contribution in [0.25, 0.3) is 0 Å². The van der Waals surface area contributed by atoms with Gasteiger partial charge in [0.05, 0.1) is 5.56 Å². The number of rotatable bonds is 6. The first kappa shape index (κ1) is 19.0. The van der Waals surface area contributed by atoms with Crippen molar-refractivity contribution in [3.63, 3.8) is 0 Å². The van der Waals surface area contributed by atoms with Gasteiger partial charge < -0.3 is 10.1 Å². The second-order valence-corrected chi connectivity index (χ2v) is 6.06. The maximum Gasteiger partial charge on any atom is 0.339 e. The zero-order valence-electron chi connectivity index (χ0n) is 15.2. The smallest absolute Gasteiger partial charge is 0.339 e. The Balaban J connectivity index is 1.84. The molecule has 0 aliphatic rings. The number of ether oxygens (including phenoxy) is 1. The maximum atomic E-state index is 12.9. The van der Waals surface area contributed by atoms with Crippen LogP contribution in [-0.2, 0) is 9.53 Å². The zero-order chi connectivity index (χ0) is 19.9. The third-order valence-corrected chi connectivity index (χ3v) is 4.02. The van der Waals surface area contributed by atoms with E-state index in [2.05, 4.69) is 10.3 Å². The van der Waals surface area contributed by atoms with Gasteiger partial charge in [-0.2, -0.15) is 0 Å². The van der Waals surface area contributed by atoms with Crippen molar-refractivity contribution < 1.29 is 19.1 Å². The molecule has 0 fully saturated rings. The standard InChI is InChI=1S/C22H18N2O4/c1-15(25)18-8-5-9-19(14-18)24-21(26)20(16-6-3-2-4-7-16)28-22(27)17-10-12-23-13-11-17/h2-14,20H,1H3,(H,24,26)/t20-/m0/s1. The predicted molar refractivity (Wildman–Crippen MR) is 104 cm³/mol. The van der Waals surface area contributed by atoms with Gasteiger partial charge >= 0.3 is 5.97 Å². The Morgan fingerprint density at radius 1 is 0.893 bits per heavy atom. The number of carbonyl (C=O) groups is 3. The first-order valence-electron chi connectivity index (χ1n) is 8.62. The van der Waals surface area contributed by atoms with Gasteiger partial charge in [0, 0.05) is 29.2 Å². The van der Waals surface area contributed by atoms with Gasteiger partial charge in [0.1, 0.15) is 0 Å². The Hall–Kier alpha value is -3.80. The Morgan fingerprint density at radius 3 is 2.29 bits per heavy atom. The third kappa shape index (κ3) is 4.67. The van der Waals surface area contributed by atoms with Gasteiger partial charge in [-0.25, -0.2) is 4.79 Å². The fourth-order valence-corrected chi connectivity index (χ4v) is 2.59. The second kappa shape index (κ2) is 8.73. The van der Waals surface area contributed by atoms with E-state index in [0.29, 0.717) is 22.4 Å². The highest BCUT2D eigenvalue weighted by Crippen LogP contribution is 2.22. The molecule has 3 aromatic rings. The van der Waals surface area contributed by atoms with Crippen molar-refractivity contribution in [3.8, 4) is 0 Å². The molecule has 0 unspecified atom stereocenters. The van der Waals surface area contributed by atoms with Crippen LogP contribution in [0.5, 0.6) is 0 Å². The fraction of sp³-hybridized carbons (Fsp3) is 0.0909. The lowest BCUT2D eigenvalue weighted by molar-refractivity contribution is -0.125. The van der Waals surface area contributed by atoms with Crippen LogP contribution in [0.3, 0.4) is 0 Å². The Morgan fingerprint density at radius 2 is 1.61 bits per heavy atom. The average molecular weight is 374 g/mol. The molecule has 1 atom stereocenters. The van der Waals surface area contributed by atoms with Crippen LogP contribution in [-0.4, -0.2) is 22.6 Å². The molecule has 1 amide bonds. The van der Waals surface area contributed by atoms with E-state index in [1.807, 2.05) is 0 Å². The summed E-state index contributed by atoms with van der Waals surface area (Å²) >= 11 is 0. The zero-order valence-corrected chi connectivity index (χ0v) is 15.2. The lowest BCUT2D eigenvalue weighted by Crippen LogP contribution is -2.26. The van der Waals surface area contributed by atoms with E-state index in [0.717, 1.165) is 0 Å². The summed E-state index contributed by atoms with van der Waals surface area (Å²) in [5.74, 6) is -1.27. The van der Waals surface area contributed by atoms with Crippen LogP contribution in [0.4, 0.5) is 5.69 Å². The van der Waals surface area contributed by atoms with E-state index in [1.165, 1.54) is 31.5 Å². The first-order chi connectivity index (χ1) is 13.5. The predicted octanol–water partition coefficient (Wildman–Crippen LogP) is 3.82. The van der Waals surface area contributed by atoms with Gasteiger partial charge in [-0.3, -0.25) is 14.6 Å². The highest BCUT2D eigenvalue weighted by molar-refractivity contribution is 6.00. The summed E-state index contributed by atoms with van der Waals surface area (Å²) in [6.07, 6.45) is 1.80. The van der Waals surface area contributed by atoms with Gasteiger partial charge in [0.25, 0.3) is 5.91 Å². The number of nitrogens with one attached hydrogen (secondary N) is 1. The normalized spacial score (nSPS) is 11.3. The molecule has 3 rings (SSSR count). The summed E-state index contributed by atoms with van der Waals surface area (Å²) in [6.45, 7) is 1.45. The molecule has 1 aromatic heterocycles. The third-order valence-electron chi connectivity index (χ3n) is 4.02. The minimum atomic E-state index is -1.15. The highest BCUT2D eigenvalue weighted by atomic mass is 16.5. The number of nitrogens with zero attached hydrogens (tertiary/aromatic N) is 1. The van der Waals surface area contributed by atoms with Gasteiger partial charge in [0.2, 0.25) is 6.10 Å². The number of aromatic nitrogens is 1. The van der Waals surface area contributed by atoms with Crippen molar-refractivity contribution in [1.29, 1.82) is 0 Å². The van der Waals surface area contributed by atoms with Gasteiger partial charge in [0.15, 0.2) is 5.78 Å². The molecule has 2 aromatic carbocycles. The molecule has 1 heterocycles. The average Bonchev–Trinajstić information content (AvgIpc) is 2.73. The second-order valence-electron chi connectivity index (χ2n) is 6.06. The van der Waals surface area contributed by atoms with Crippen LogP contribution >= 0.6 is 0 Å². The molecular weight excluding hydrogens is 356 g/mol. The molecule has 0 bridgehead atoms. The Bertz CT molecular complexity index is 988. The summed E-state index contributed by atoms with van der Waals surface area (Å²) in [5.41, 5.74) is 1.74. The molecule has 0 aliphatic heterocycles. The number of hydrogen-bond acceptors (Lipinski definition) is 5. The van der Waals surface area contributed by atoms with Crippen LogP contribution in [0, 0.1) is 0 Å². The van der Waals surface area contributed by atoms with Crippen LogP contribution < -0.4 is 5.32 Å². The number of carbonyl (C=O) groups excluding carboxylic acids is 3. The molecule has 0 radical (unpaired) electrons. The SMILES string of the molecule is CC(=O)c1cccc(NC(=O)[C@@H](OC(=O)c2ccncc2)c2ccccc2)c1. The van der Waals surface area contributed by atoms with Gasteiger partial charge in [-0.1, -0.05) is 42.5 Å². The molecule has 1 N–H and O–H groups in total. The van der Waals surface area contributed by atoms with Crippen molar-refractivity contribution in [1.82, 2.24) is 4.98 Å². The van der Waals surface area contributed by atoms with E-state index in [4.69, 9.17) is 4.74 Å².